The number of carbonyl (C=O) groups excluding carboxylic acids is 1. The Balaban J connectivity index is 1.70. The van der Waals surface area contributed by atoms with Crippen LogP contribution in [0.25, 0.3) is 0 Å². The van der Waals surface area contributed by atoms with Crippen molar-refractivity contribution in [2.24, 2.45) is 4.40 Å². The van der Waals surface area contributed by atoms with Crippen molar-refractivity contribution in [1.82, 2.24) is 5.32 Å². The highest BCUT2D eigenvalue weighted by molar-refractivity contribution is 7.90. The SMILES string of the molecule is CCCN1C(C)=NS(=O)(=O)c2cc(C(=O)NC(c3ccccc3)c3ccccc3)ccc21. The first-order chi connectivity index (χ1) is 15.4. The number of anilines is 1. The molecule has 0 radical (unpaired) electrons. The molecule has 32 heavy (non-hydrogen) atoms. The zero-order chi connectivity index (χ0) is 22.7. The predicted octanol–water partition coefficient (Wildman–Crippen LogP) is 4.54. The minimum absolute atomic E-state index is 0.0557. The highest BCUT2D eigenvalue weighted by atomic mass is 32.2. The number of nitrogens with zero attached hydrogens (tertiary/aromatic N) is 2. The van der Waals surface area contributed by atoms with Crippen molar-refractivity contribution in [2.75, 3.05) is 11.4 Å². The molecule has 1 amide bonds. The summed E-state index contributed by atoms with van der Waals surface area (Å²) >= 11 is 0. The van der Waals surface area contributed by atoms with Gasteiger partial charge in [-0.2, -0.15) is 8.42 Å². The van der Waals surface area contributed by atoms with Crippen molar-refractivity contribution in [1.29, 1.82) is 0 Å². The van der Waals surface area contributed by atoms with Crippen molar-refractivity contribution >= 4 is 27.5 Å². The quantitative estimate of drug-likeness (QED) is 0.602. The van der Waals surface area contributed by atoms with Crippen molar-refractivity contribution in [3.8, 4) is 0 Å². The summed E-state index contributed by atoms with van der Waals surface area (Å²) in [6, 6.07) is 23.8. The maximum Gasteiger partial charge on any atom is 0.286 e. The van der Waals surface area contributed by atoms with E-state index in [-0.39, 0.29) is 22.4 Å². The lowest BCUT2D eigenvalue weighted by atomic mass is 9.98. The number of nitrogens with one attached hydrogen (secondary N) is 1. The van der Waals surface area contributed by atoms with Crippen LogP contribution in [0.15, 0.2) is 88.2 Å². The Hall–Kier alpha value is -3.45. The van der Waals surface area contributed by atoms with Crippen LogP contribution in [0.2, 0.25) is 0 Å². The molecule has 7 heteroatoms. The molecule has 3 aromatic rings. The summed E-state index contributed by atoms with van der Waals surface area (Å²) in [7, 11) is -3.86. The monoisotopic (exact) mass is 447 g/mol. The van der Waals surface area contributed by atoms with E-state index >= 15 is 0 Å². The van der Waals surface area contributed by atoms with Crippen molar-refractivity contribution < 1.29 is 13.2 Å². The summed E-state index contributed by atoms with van der Waals surface area (Å²) in [5, 5.41) is 3.06. The molecule has 0 fully saturated rings. The van der Waals surface area contributed by atoms with Gasteiger partial charge in [-0.05, 0) is 42.7 Å². The van der Waals surface area contributed by atoms with Gasteiger partial charge in [0.1, 0.15) is 10.7 Å². The largest absolute Gasteiger partial charge is 0.341 e. The molecule has 0 unspecified atom stereocenters. The second kappa shape index (κ2) is 8.96. The van der Waals surface area contributed by atoms with Gasteiger partial charge in [0.05, 0.1) is 11.7 Å². The molecule has 164 valence electrons. The fourth-order valence-electron chi connectivity index (χ4n) is 3.90. The zero-order valence-electron chi connectivity index (χ0n) is 18.0. The van der Waals surface area contributed by atoms with Crippen LogP contribution in [0.4, 0.5) is 5.69 Å². The van der Waals surface area contributed by atoms with E-state index in [1.54, 1.807) is 19.1 Å². The van der Waals surface area contributed by atoms with Crippen molar-refractivity contribution in [3.05, 3.63) is 95.6 Å². The number of carbonyl (C=O) groups is 1. The summed E-state index contributed by atoms with van der Waals surface area (Å²) in [4.78, 5) is 15.1. The third-order valence-electron chi connectivity index (χ3n) is 5.42. The molecule has 0 bridgehead atoms. The van der Waals surface area contributed by atoms with Crippen LogP contribution in [0.3, 0.4) is 0 Å². The number of hydrogen-bond acceptors (Lipinski definition) is 4. The molecule has 1 aliphatic rings. The van der Waals surface area contributed by atoms with Crippen molar-refractivity contribution in [2.45, 2.75) is 31.2 Å². The Kier molecular flexibility index (Phi) is 6.10. The molecule has 0 saturated heterocycles. The summed E-state index contributed by atoms with van der Waals surface area (Å²) < 4.78 is 29.4. The fourth-order valence-corrected chi connectivity index (χ4v) is 5.17. The summed E-state index contributed by atoms with van der Waals surface area (Å²) in [6.45, 7) is 4.35. The molecule has 1 heterocycles. The highest BCUT2D eigenvalue weighted by Crippen LogP contribution is 2.33. The summed E-state index contributed by atoms with van der Waals surface area (Å²) in [5.41, 5.74) is 2.70. The Morgan fingerprint density at radius 1 is 0.969 bits per heavy atom. The lowest BCUT2D eigenvalue weighted by Crippen LogP contribution is -2.35. The average molecular weight is 448 g/mol. The van der Waals surface area contributed by atoms with Gasteiger partial charge in [0, 0.05) is 12.1 Å². The smallest absolute Gasteiger partial charge is 0.286 e. The van der Waals surface area contributed by atoms with Crippen LogP contribution in [0.5, 0.6) is 0 Å². The van der Waals surface area contributed by atoms with Gasteiger partial charge in [0.15, 0.2) is 0 Å². The molecule has 1 N–H and O–H groups in total. The molecule has 0 aromatic heterocycles. The number of amidine groups is 1. The third-order valence-corrected chi connectivity index (χ3v) is 6.81. The van der Waals surface area contributed by atoms with Crippen LogP contribution >= 0.6 is 0 Å². The number of sulfonamides is 1. The van der Waals surface area contributed by atoms with E-state index in [1.165, 1.54) is 6.07 Å². The topological polar surface area (TPSA) is 78.8 Å². The molecule has 0 saturated carbocycles. The first kappa shape index (κ1) is 21.8. The van der Waals surface area contributed by atoms with E-state index < -0.39 is 10.0 Å². The number of hydrogen-bond donors (Lipinski definition) is 1. The second-order valence-corrected chi connectivity index (χ2v) is 9.25. The standard InChI is InChI=1S/C25H25N3O3S/c1-3-16-28-18(2)27-32(30,31)23-17-21(14-15-22(23)28)25(29)26-24(19-10-6-4-7-11-19)20-12-8-5-9-13-20/h4-15,17,24H,3,16H2,1-2H3,(H,26,29). The fraction of sp³-hybridized carbons (Fsp3) is 0.200. The lowest BCUT2D eigenvalue weighted by molar-refractivity contribution is 0.0942. The van der Waals surface area contributed by atoms with Gasteiger partial charge in [-0.15, -0.1) is 4.40 Å². The van der Waals surface area contributed by atoms with Crippen LogP contribution in [-0.4, -0.2) is 26.7 Å². The molecule has 0 atom stereocenters. The van der Waals surface area contributed by atoms with E-state index in [2.05, 4.69) is 9.71 Å². The Labute approximate surface area is 188 Å². The summed E-state index contributed by atoms with van der Waals surface area (Å²) in [5.74, 6) is 0.0822. The third kappa shape index (κ3) is 4.29. The molecule has 6 nitrogen and oxygen atoms in total. The van der Waals surface area contributed by atoms with E-state index in [0.29, 0.717) is 18.1 Å². The van der Waals surface area contributed by atoms with Gasteiger partial charge >= 0.3 is 0 Å². The lowest BCUT2D eigenvalue weighted by Gasteiger charge is -2.29. The number of benzene rings is 3. The summed E-state index contributed by atoms with van der Waals surface area (Å²) in [6.07, 6.45) is 0.838. The zero-order valence-corrected chi connectivity index (χ0v) is 18.8. The molecule has 1 aliphatic heterocycles. The van der Waals surface area contributed by atoms with Gasteiger partial charge < -0.3 is 10.2 Å². The molecular weight excluding hydrogens is 422 g/mol. The number of rotatable bonds is 6. The minimum atomic E-state index is -3.86. The first-order valence-electron chi connectivity index (χ1n) is 10.5. The second-order valence-electron chi connectivity index (χ2n) is 7.68. The van der Waals surface area contributed by atoms with Gasteiger partial charge in [0.25, 0.3) is 15.9 Å². The normalized spacial score (nSPS) is 14.6. The maximum absolute atomic E-state index is 13.2. The first-order valence-corrected chi connectivity index (χ1v) is 12.0. The van der Waals surface area contributed by atoms with Crippen LogP contribution in [-0.2, 0) is 10.0 Å². The molecule has 0 spiro atoms. The predicted molar refractivity (Wildman–Crippen MR) is 127 cm³/mol. The molecule has 0 aliphatic carbocycles. The van der Waals surface area contributed by atoms with Gasteiger partial charge in [0.2, 0.25) is 0 Å². The van der Waals surface area contributed by atoms with E-state index in [0.717, 1.165) is 17.5 Å². The average Bonchev–Trinajstić information content (AvgIpc) is 2.80. The Morgan fingerprint density at radius 3 is 2.12 bits per heavy atom. The van der Waals surface area contributed by atoms with Gasteiger partial charge in [-0.3, -0.25) is 4.79 Å². The van der Waals surface area contributed by atoms with Crippen LogP contribution in [0.1, 0.15) is 47.8 Å². The molecule has 3 aromatic carbocycles. The number of amides is 1. The Bertz CT molecular complexity index is 1220. The number of fused-ring (bicyclic) bond motifs is 1. The van der Waals surface area contributed by atoms with Crippen molar-refractivity contribution in [3.63, 3.8) is 0 Å². The van der Waals surface area contributed by atoms with Gasteiger partial charge in [-0.25, -0.2) is 0 Å². The minimum Gasteiger partial charge on any atom is -0.341 e. The van der Waals surface area contributed by atoms with Crippen LogP contribution in [0, 0.1) is 0 Å². The van der Waals surface area contributed by atoms with E-state index in [4.69, 9.17) is 0 Å². The Morgan fingerprint density at radius 2 is 1.56 bits per heavy atom. The van der Waals surface area contributed by atoms with E-state index in [1.807, 2.05) is 72.5 Å². The molecule has 4 rings (SSSR count). The van der Waals surface area contributed by atoms with Crippen LogP contribution < -0.4 is 10.2 Å². The van der Waals surface area contributed by atoms with E-state index in [9.17, 15) is 13.2 Å². The van der Waals surface area contributed by atoms with Gasteiger partial charge in [-0.1, -0.05) is 67.6 Å². The maximum atomic E-state index is 13.2. The highest BCUT2D eigenvalue weighted by Gasteiger charge is 2.30. The molecular formula is C25H25N3O3S.